The molecular weight excluding hydrogens is 344 g/mol. The first-order chi connectivity index (χ1) is 12.0. The summed E-state index contributed by atoms with van der Waals surface area (Å²) in [6.45, 7) is 4.09. The molecule has 25 heavy (non-hydrogen) atoms. The van der Waals surface area contributed by atoms with Gasteiger partial charge in [-0.15, -0.1) is 0 Å². The van der Waals surface area contributed by atoms with Gasteiger partial charge in [-0.05, 0) is 25.0 Å². The zero-order valence-corrected chi connectivity index (χ0v) is 15.6. The van der Waals surface area contributed by atoms with Crippen molar-refractivity contribution >= 4 is 10.0 Å². The molecule has 7 nitrogen and oxygen atoms in total. The van der Waals surface area contributed by atoms with Gasteiger partial charge in [0.25, 0.3) is 0 Å². The first-order valence-corrected chi connectivity index (χ1v) is 10.0. The average molecular weight is 370 g/mol. The summed E-state index contributed by atoms with van der Waals surface area (Å²) in [4.78, 5) is 2.44. The summed E-state index contributed by atoms with van der Waals surface area (Å²) in [5.41, 5.74) is 0. The van der Waals surface area contributed by atoms with Crippen LogP contribution in [0.2, 0.25) is 0 Å². The summed E-state index contributed by atoms with van der Waals surface area (Å²) in [6, 6.07) is 4.84. The fourth-order valence-corrected chi connectivity index (χ4v) is 4.95. The van der Waals surface area contributed by atoms with Gasteiger partial charge in [0.2, 0.25) is 10.0 Å². The quantitative estimate of drug-likeness (QED) is 0.749. The molecule has 0 saturated carbocycles. The van der Waals surface area contributed by atoms with Crippen LogP contribution in [-0.2, 0) is 14.8 Å². The van der Waals surface area contributed by atoms with Crippen molar-refractivity contribution in [3.05, 3.63) is 18.2 Å². The molecule has 3 rings (SSSR count). The minimum Gasteiger partial charge on any atom is -0.497 e. The van der Waals surface area contributed by atoms with E-state index in [9.17, 15) is 8.42 Å². The summed E-state index contributed by atoms with van der Waals surface area (Å²) in [6.07, 6.45) is 2.51. The molecule has 0 amide bonds. The number of ether oxygens (including phenoxy) is 3. The van der Waals surface area contributed by atoms with E-state index in [1.165, 1.54) is 24.6 Å². The molecule has 2 aliphatic rings. The maximum absolute atomic E-state index is 13.0. The molecule has 0 bridgehead atoms. The Morgan fingerprint density at radius 3 is 2.52 bits per heavy atom. The molecule has 0 aliphatic carbocycles. The largest absolute Gasteiger partial charge is 0.497 e. The lowest BCUT2D eigenvalue weighted by Gasteiger charge is -2.35. The molecule has 2 fully saturated rings. The van der Waals surface area contributed by atoms with Crippen LogP contribution in [0.5, 0.6) is 11.5 Å². The van der Waals surface area contributed by atoms with E-state index in [0.29, 0.717) is 43.8 Å². The molecule has 140 valence electrons. The van der Waals surface area contributed by atoms with Gasteiger partial charge in [0.05, 0.1) is 20.3 Å². The smallest absolute Gasteiger partial charge is 0.246 e. The highest BCUT2D eigenvalue weighted by molar-refractivity contribution is 7.89. The fraction of sp³-hybridized carbons (Fsp3) is 0.647. The maximum atomic E-state index is 13.0. The van der Waals surface area contributed by atoms with E-state index in [0.717, 1.165) is 26.0 Å². The third-order valence-electron chi connectivity index (χ3n) is 4.81. The third-order valence-corrected chi connectivity index (χ3v) is 6.73. The lowest BCUT2D eigenvalue weighted by molar-refractivity contribution is 0.0617. The van der Waals surface area contributed by atoms with E-state index >= 15 is 0 Å². The van der Waals surface area contributed by atoms with Gasteiger partial charge >= 0.3 is 0 Å². The second-order valence-corrected chi connectivity index (χ2v) is 8.26. The number of hydrogen-bond acceptors (Lipinski definition) is 6. The van der Waals surface area contributed by atoms with Gasteiger partial charge in [-0.25, -0.2) is 8.42 Å². The predicted octanol–water partition coefficient (Wildman–Crippen LogP) is 1.19. The summed E-state index contributed by atoms with van der Waals surface area (Å²) in [5, 5.41) is 0. The molecule has 2 heterocycles. The minimum absolute atomic E-state index is 0.155. The lowest BCUT2D eigenvalue weighted by atomic mass is 10.2. The molecule has 0 aromatic heterocycles. The monoisotopic (exact) mass is 370 g/mol. The van der Waals surface area contributed by atoms with Crippen LogP contribution in [0, 0.1) is 0 Å². The van der Waals surface area contributed by atoms with Crippen LogP contribution in [0.3, 0.4) is 0 Å². The summed E-state index contributed by atoms with van der Waals surface area (Å²) in [5.74, 6) is 0.832. The summed E-state index contributed by atoms with van der Waals surface area (Å²) >= 11 is 0. The minimum atomic E-state index is -3.62. The van der Waals surface area contributed by atoms with Crippen LogP contribution >= 0.6 is 0 Å². The highest BCUT2D eigenvalue weighted by Crippen LogP contribution is 2.31. The molecule has 2 saturated heterocycles. The van der Waals surface area contributed by atoms with Gasteiger partial charge in [0, 0.05) is 45.4 Å². The Bertz CT molecular complexity index is 680. The van der Waals surface area contributed by atoms with E-state index in [4.69, 9.17) is 14.2 Å². The van der Waals surface area contributed by atoms with Crippen molar-refractivity contribution < 1.29 is 22.6 Å². The second kappa shape index (κ2) is 7.90. The maximum Gasteiger partial charge on any atom is 0.246 e. The molecule has 0 radical (unpaired) electrons. The number of hydrogen-bond donors (Lipinski definition) is 0. The van der Waals surface area contributed by atoms with Gasteiger partial charge in [-0.2, -0.15) is 4.31 Å². The first kappa shape index (κ1) is 18.4. The number of sulfonamides is 1. The second-order valence-electron chi connectivity index (χ2n) is 6.36. The Kier molecular flexibility index (Phi) is 5.83. The van der Waals surface area contributed by atoms with Gasteiger partial charge < -0.3 is 14.2 Å². The highest BCUT2D eigenvalue weighted by atomic mass is 32.2. The van der Waals surface area contributed by atoms with E-state index in [2.05, 4.69) is 4.90 Å². The molecule has 2 aliphatic heterocycles. The van der Waals surface area contributed by atoms with Crippen LogP contribution in [-0.4, -0.2) is 77.3 Å². The van der Waals surface area contributed by atoms with Gasteiger partial charge in [0.15, 0.2) is 0 Å². The molecule has 8 heteroatoms. The standard InChI is InChI=1S/C17H26N2O5S/c1-22-14-5-6-16(23-2)17(12-14)25(20,21)19-9-7-18(8-10-19)13-15-4-3-11-24-15/h5-6,12,15H,3-4,7-11,13H2,1-2H3. The van der Waals surface area contributed by atoms with E-state index < -0.39 is 10.0 Å². The molecule has 1 unspecified atom stereocenters. The topological polar surface area (TPSA) is 68.3 Å². The Morgan fingerprint density at radius 1 is 1.16 bits per heavy atom. The number of methoxy groups -OCH3 is 2. The summed E-state index contributed by atoms with van der Waals surface area (Å²) < 4.78 is 43.7. The highest BCUT2D eigenvalue weighted by Gasteiger charge is 2.32. The molecule has 0 spiro atoms. The SMILES string of the molecule is COc1ccc(OC)c(S(=O)(=O)N2CCN(CC3CCCO3)CC2)c1. The van der Waals surface area contributed by atoms with Crippen molar-refractivity contribution in [3.8, 4) is 11.5 Å². The van der Waals surface area contributed by atoms with Crippen LogP contribution in [0.1, 0.15) is 12.8 Å². The Morgan fingerprint density at radius 2 is 1.92 bits per heavy atom. The fourth-order valence-electron chi connectivity index (χ4n) is 3.35. The number of rotatable bonds is 6. The van der Waals surface area contributed by atoms with E-state index in [1.54, 1.807) is 12.1 Å². The Labute approximate surface area is 149 Å². The average Bonchev–Trinajstić information content (AvgIpc) is 3.14. The van der Waals surface area contributed by atoms with Crippen molar-refractivity contribution in [1.29, 1.82) is 0 Å². The van der Waals surface area contributed by atoms with Crippen LogP contribution < -0.4 is 9.47 Å². The molecule has 1 atom stereocenters. The van der Waals surface area contributed by atoms with Gasteiger partial charge in [0.1, 0.15) is 16.4 Å². The zero-order valence-electron chi connectivity index (χ0n) is 14.8. The third kappa shape index (κ3) is 4.08. The van der Waals surface area contributed by atoms with Crippen molar-refractivity contribution in [3.63, 3.8) is 0 Å². The van der Waals surface area contributed by atoms with Crippen LogP contribution in [0.4, 0.5) is 0 Å². The number of piperazine rings is 1. The van der Waals surface area contributed by atoms with E-state index in [-0.39, 0.29) is 4.90 Å². The summed E-state index contributed by atoms with van der Waals surface area (Å²) in [7, 11) is -0.629. The van der Waals surface area contributed by atoms with E-state index in [1.807, 2.05) is 0 Å². The first-order valence-electron chi connectivity index (χ1n) is 8.60. The molecule has 1 aromatic carbocycles. The molecule has 1 aromatic rings. The van der Waals surface area contributed by atoms with Crippen molar-refractivity contribution in [1.82, 2.24) is 9.21 Å². The molecular formula is C17H26N2O5S. The Balaban J connectivity index is 1.69. The van der Waals surface area contributed by atoms with Gasteiger partial charge in [-0.1, -0.05) is 0 Å². The lowest BCUT2D eigenvalue weighted by Crippen LogP contribution is -2.50. The van der Waals surface area contributed by atoms with Crippen LogP contribution in [0.25, 0.3) is 0 Å². The predicted molar refractivity (Wildman–Crippen MR) is 93.7 cm³/mol. The van der Waals surface area contributed by atoms with Crippen molar-refractivity contribution in [2.75, 3.05) is 53.6 Å². The zero-order chi connectivity index (χ0) is 17.9. The van der Waals surface area contributed by atoms with Crippen molar-refractivity contribution in [2.24, 2.45) is 0 Å². The van der Waals surface area contributed by atoms with Crippen LogP contribution in [0.15, 0.2) is 23.1 Å². The van der Waals surface area contributed by atoms with Crippen molar-refractivity contribution in [2.45, 2.75) is 23.8 Å². The number of benzene rings is 1. The number of nitrogens with zero attached hydrogens (tertiary/aromatic N) is 2. The van der Waals surface area contributed by atoms with Gasteiger partial charge in [-0.3, -0.25) is 4.90 Å². The molecule has 0 N–H and O–H groups in total. The Hall–Kier alpha value is -1.35. The normalized spacial score (nSPS) is 22.9.